The Bertz CT molecular complexity index is 537. The van der Waals surface area contributed by atoms with Crippen LogP contribution in [0.2, 0.25) is 0 Å². The highest BCUT2D eigenvalue weighted by molar-refractivity contribution is 6.27. The van der Waals surface area contributed by atoms with Gasteiger partial charge in [0.1, 0.15) is 11.6 Å². The van der Waals surface area contributed by atoms with Crippen molar-refractivity contribution in [2.45, 2.75) is 39.0 Å². The smallest absolute Gasteiger partial charge is 0.414 e. The van der Waals surface area contributed by atoms with Gasteiger partial charge in [-0.15, -0.1) is 0 Å². The number of carboxylic acid groups (broad SMARTS) is 2. The van der Waals surface area contributed by atoms with Crippen molar-refractivity contribution in [3.63, 3.8) is 0 Å². The second-order valence-corrected chi connectivity index (χ2v) is 6.39. The maximum atomic E-state index is 12.8. The first-order valence-corrected chi connectivity index (χ1v) is 8.99. The fourth-order valence-corrected chi connectivity index (χ4v) is 2.82. The summed E-state index contributed by atoms with van der Waals surface area (Å²) in [6, 6.07) is 6.31. The van der Waals surface area contributed by atoms with Crippen LogP contribution in [0.4, 0.5) is 4.39 Å². The molecule has 1 aliphatic heterocycles. The molecule has 6 nitrogen and oxygen atoms in total. The fraction of sp³-hybridized carbons (Fsp3) is 0.579. The molecule has 1 aromatic rings. The number of hydrogen-bond donors (Lipinski definition) is 2. The summed E-state index contributed by atoms with van der Waals surface area (Å²) in [4.78, 5) is 20.8. The van der Waals surface area contributed by atoms with E-state index in [9.17, 15) is 4.39 Å². The zero-order valence-electron chi connectivity index (χ0n) is 15.2. The molecule has 1 atom stereocenters. The van der Waals surface area contributed by atoms with Crippen LogP contribution in [0, 0.1) is 11.7 Å². The van der Waals surface area contributed by atoms with Gasteiger partial charge in [0.25, 0.3) is 0 Å². The first kappa shape index (κ1) is 21.9. The van der Waals surface area contributed by atoms with E-state index in [2.05, 4.69) is 11.8 Å². The number of carboxylic acids is 2. The van der Waals surface area contributed by atoms with Gasteiger partial charge in [0.2, 0.25) is 0 Å². The fourth-order valence-electron chi connectivity index (χ4n) is 2.82. The molecule has 7 heteroatoms. The Labute approximate surface area is 153 Å². The van der Waals surface area contributed by atoms with Crippen molar-refractivity contribution in [1.29, 1.82) is 0 Å². The predicted octanol–water partition coefficient (Wildman–Crippen LogP) is 3.26. The quantitative estimate of drug-likeness (QED) is 0.567. The van der Waals surface area contributed by atoms with E-state index < -0.39 is 11.9 Å². The van der Waals surface area contributed by atoms with Crippen molar-refractivity contribution in [2.75, 3.05) is 26.2 Å². The molecule has 1 unspecified atom stereocenters. The number of aliphatic carboxylic acids is 2. The molecule has 2 rings (SSSR count). The van der Waals surface area contributed by atoms with Crippen LogP contribution in [0.25, 0.3) is 0 Å². The lowest BCUT2D eigenvalue weighted by Gasteiger charge is -2.32. The lowest BCUT2D eigenvalue weighted by molar-refractivity contribution is -0.159. The molecule has 0 aromatic heterocycles. The number of rotatable bonds is 7. The minimum absolute atomic E-state index is 0.211. The number of nitrogens with zero attached hydrogens (tertiary/aromatic N) is 1. The van der Waals surface area contributed by atoms with Crippen LogP contribution >= 0.6 is 0 Å². The molecule has 1 aromatic carbocycles. The predicted molar refractivity (Wildman–Crippen MR) is 95.9 cm³/mol. The highest BCUT2D eigenvalue weighted by Crippen LogP contribution is 2.19. The SMILES string of the molecule is CCCCCN1CCCC(COc2ccc(F)cc2)C1.O=C(O)C(=O)O. The molecule has 1 saturated heterocycles. The van der Waals surface area contributed by atoms with E-state index in [1.807, 2.05) is 0 Å². The molecule has 0 radical (unpaired) electrons. The molecule has 0 aliphatic carbocycles. The van der Waals surface area contributed by atoms with Crippen molar-refractivity contribution in [2.24, 2.45) is 5.92 Å². The summed E-state index contributed by atoms with van der Waals surface area (Å²) >= 11 is 0. The Hall–Kier alpha value is -2.15. The summed E-state index contributed by atoms with van der Waals surface area (Å²) in [5.41, 5.74) is 0. The largest absolute Gasteiger partial charge is 0.493 e. The molecule has 0 spiro atoms. The summed E-state index contributed by atoms with van der Waals surface area (Å²) in [7, 11) is 0. The van der Waals surface area contributed by atoms with Crippen LogP contribution in [0.1, 0.15) is 39.0 Å². The van der Waals surface area contributed by atoms with Crippen LogP contribution in [0.5, 0.6) is 5.75 Å². The number of piperidine rings is 1. The van der Waals surface area contributed by atoms with Crippen LogP contribution in [0.15, 0.2) is 24.3 Å². The monoisotopic (exact) mass is 369 g/mol. The Morgan fingerprint density at radius 3 is 2.42 bits per heavy atom. The van der Waals surface area contributed by atoms with E-state index in [1.165, 1.54) is 57.3 Å². The topological polar surface area (TPSA) is 87.1 Å². The third-order valence-electron chi connectivity index (χ3n) is 4.16. The van der Waals surface area contributed by atoms with E-state index in [1.54, 1.807) is 12.1 Å². The zero-order chi connectivity index (χ0) is 19.4. The van der Waals surface area contributed by atoms with Crippen LogP contribution < -0.4 is 4.74 Å². The number of ether oxygens (including phenoxy) is 1. The van der Waals surface area contributed by atoms with Gasteiger partial charge in [-0.1, -0.05) is 19.8 Å². The van der Waals surface area contributed by atoms with Gasteiger partial charge in [0.05, 0.1) is 6.61 Å². The highest BCUT2D eigenvalue weighted by Gasteiger charge is 2.19. The minimum Gasteiger partial charge on any atom is -0.493 e. The molecule has 2 N–H and O–H groups in total. The van der Waals surface area contributed by atoms with E-state index in [0.717, 1.165) is 18.9 Å². The third-order valence-corrected chi connectivity index (χ3v) is 4.16. The maximum absolute atomic E-state index is 12.8. The van der Waals surface area contributed by atoms with Gasteiger partial charge in [-0.2, -0.15) is 0 Å². The number of carbonyl (C=O) groups is 2. The van der Waals surface area contributed by atoms with E-state index in [4.69, 9.17) is 24.5 Å². The number of hydrogen-bond acceptors (Lipinski definition) is 4. The molecule has 1 heterocycles. The average molecular weight is 369 g/mol. The van der Waals surface area contributed by atoms with Crippen molar-refractivity contribution < 1.29 is 28.9 Å². The molecule has 0 saturated carbocycles. The zero-order valence-corrected chi connectivity index (χ0v) is 15.2. The number of benzene rings is 1. The second-order valence-electron chi connectivity index (χ2n) is 6.39. The Kier molecular flexibility index (Phi) is 10.3. The van der Waals surface area contributed by atoms with Gasteiger partial charge >= 0.3 is 11.9 Å². The Morgan fingerprint density at radius 2 is 1.85 bits per heavy atom. The maximum Gasteiger partial charge on any atom is 0.414 e. The van der Waals surface area contributed by atoms with Gasteiger partial charge in [0.15, 0.2) is 0 Å². The first-order valence-electron chi connectivity index (χ1n) is 8.99. The highest BCUT2D eigenvalue weighted by atomic mass is 19.1. The van der Waals surface area contributed by atoms with Crippen LogP contribution in [-0.4, -0.2) is 53.3 Å². The molecule has 1 fully saturated rings. The Balaban J connectivity index is 0.000000487. The molecular weight excluding hydrogens is 341 g/mol. The van der Waals surface area contributed by atoms with Gasteiger partial charge in [-0.25, -0.2) is 14.0 Å². The summed E-state index contributed by atoms with van der Waals surface area (Å²) in [6.45, 7) is 6.59. The minimum atomic E-state index is -1.82. The third kappa shape index (κ3) is 9.36. The van der Waals surface area contributed by atoms with E-state index in [-0.39, 0.29) is 5.82 Å². The molecular formula is C19H28FNO5. The first-order chi connectivity index (χ1) is 12.4. The summed E-state index contributed by atoms with van der Waals surface area (Å²) in [6.07, 6.45) is 6.43. The van der Waals surface area contributed by atoms with Crippen molar-refractivity contribution in [1.82, 2.24) is 4.90 Å². The van der Waals surface area contributed by atoms with Gasteiger partial charge in [-0.05, 0) is 56.6 Å². The number of likely N-dealkylation sites (tertiary alicyclic amines) is 1. The molecule has 0 bridgehead atoms. The van der Waals surface area contributed by atoms with Crippen molar-refractivity contribution >= 4 is 11.9 Å². The van der Waals surface area contributed by atoms with Gasteiger partial charge < -0.3 is 19.8 Å². The number of halogens is 1. The molecule has 0 amide bonds. The van der Waals surface area contributed by atoms with Gasteiger partial charge in [-0.3, -0.25) is 0 Å². The van der Waals surface area contributed by atoms with Crippen molar-refractivity contribution in [3.8, 4) is 5.75 Å². The number of unbranched alkanes of at least 4 members (excludes halogenated alkanes) is 2. The van der Waals surface area contributed by atoms with Crippen molar-refractivity contribution in [3.05, 3.63) is 30.1 Å². The summed E-state index contributed by atoms with van der Waals surface area (Å²) in [5.74, 6) is -2.48. The summed E-state index contributed by atoms with van der Waals surface area (Å²) < 4.78 is 18.6. The average Bonchev–Trinajstić information content (AvgIpc) is 2.62. The van der Waals surface area contributed by atoms with Crippen LogP contribution in [0.3, 0.4) is 0 Å². The normalized spacial score (nSPS) is 17.1. The summed E-state index contributed by atoms with van der Waals surface area (Å²) in [5, 5.41) is 14.8. The second kappa shape index (κ2) is 12.2. The van der Waals surface area contributed by atoms with E-state index in [0.29, 0.717) is 5.92 Å². The van der Waals surface area contributed by atoms with E-state index >= 15 is 0 Å². The molecule has 1 aliphatic rings. The lowest BCUT2D eigenvalue weighted by atomic mass is 9.98. The molecule has 26 heavy (non-hydrogen) atoms. The van der Waals surface area contributed by atoms with Gasteiger partial charge in [0, 0.05) is 12.5 Å². The standard InChI is InChI=1S/C17H26FNO.C2H2O4/c1-2-3-4-11-19-12-5-6-15(13-19)14-20-17-9-7-16(18)8-10-17;3-1(4)2(5)6/h7-10,15H,2-6,11-14H2,1H3;(H,3,4)(H,5,6). The Morgan fingerprint density at radius 1 is 1.19 bits per heavy atom. The molecule has 146 valence electrons. The lowest BCUT2D eigenvalue weighted by Crippen LogP contribution is -2.38. The van der Waals surface area contributed by atoms with Crippen LogP contribution in [-0.2, 0) is 9.59 Å².